The van der Waals surface area contributed by atoms with Gasteiger partial charge in [-0.05, 0) is 43.5 Å². The minimum atomic E-state index is 0.167. The van der Waals surface area contributed by atoms with Gasteiger partial charge in [-0.2, -0.15) is 9.97 Å². The SMILES string of the molecule is C/C=C\C1=CC(Nc2cc(N3CCN(CCO)CC3)nc(Oc3ccc4c(c3Cl)C=C(C)C4)n2)=NC1. The van der Waals surface area contributed by atoms with Gasteiger partial charge in [0.15, 0.2) is 0 Å². The van der Waals surface area contributed by atoms with Crippen molar-refractivity contribution < 1.29 is 9.84 Å². The number of halogens is 1. The fourth-order valence-electron chi connectivity index (χ4n) is 4.69. The molecule has 1 aromatic carbocycles. The molecule has 1 fully saturated rings. The summed E-state index contributed by atoms with van der Waals surface area (Å²) in [5.41, 5.74) is 4.62. The summed E-state index contributed by atoms with van der Waals surface area (Å²) in [6.45, 7) is 8.89. The van der Waals surface area contributed by atoms with Crippen molar-refractivity contribution in [3.8, 4) is 11.8 Å². The predicted molar refractivity (Wildman–Crippen MR) is 145 cm³/mol. The zero-order valence-corrected chi connectivity index (χ0v) is 21.4. The highest BCUT2D eigenvalue weighted by atomic mass is 35.5. The Bertz CT molecular complexity index is 1260. The Balaban J connectivity index is 1.42. The third-order valence-corrected chi connectivity index (χ3v) is 6.88. The summed E-state index contributed by atoms with van der Waals surface area (Å²) >= 11 is 6.72. The molecule has 1 saturated heterocycles. The first-order valence-electron chi connectivity index (χ1n) is 12.3. The number of aliphatic hydroxyl groups is 1. The van der Waals surface area contributed by atoms with E-state index >= 15 is 0 Å². The van der Waals surface area contributed by atoms with E-state index in [0.29, 0.717) is 29.7 Å². The van der Waals surface area contributed by atoms with Gasteiger partial charge in [0.1, 0.15) is 23.2 Å². The van der Waals surface area contributed by atoms with Crippen molar-refractivity contribution in [2.24, 2.45) is 4.99 Å². The van der Waals surface area contributed by atoms with Crippen molar-refractivity contribution >= 4 is 35.1 Å². The first kappa shape index (κ1) is 24.5. The number of piperazine rings is 1. The van der Waals surface area contributed by atoms with Crippen molar-refractivity contribution in [3.63, 3.8) is 0 Å². The molecule has 36 heavy (non-hydrogen) atoms. The Kier molecular flexibility index (Phi) is 7.36. The van der Waals surface area contributed by atoms with Crippen LogP contribution in [-0.2, 0) is 6.42 Å². The Hall–Kier alpha value is -3.20. The minimum Gasteiger partial charge on any atom is -0.423 e. The number of allylic oxidation sites excluding steroid dienone is 2. The topological polar surface area (TPSA) is 86.1 Å². The number of β-amino-alcohol motifs (C(OH)–C–C–N with tert-alkyl or cyclic N) is 1. The number of aromatic nitrogens is 2. The van der Waals surface area contributed by atoms with Gasteiger partial charge in [-0.3, -0.25) is 9.89 Å². The average molecular weight is 507 g/mol. The van der Waals surface area contributed by atoms with Gasteiger partial charge in [0.2, 0.25) is 0 Å². The van der Waals surface area contributed by atoms with Gasteiger partial charge in [-0.25, -0.2) is 0 Å². The standard InChI is InChI=1S/C27H31ClN6O2/c1-3-4-19-15-23(29-17-19)30-24-16-25(34-9-7-33(8-10-34)11-12-35)32-27(31-24)36-22-6-5-20-13-18(2)14-21(20)26(22)28/h3-6,14-16,35H,7-13,17H2,1-2H3,(H,29,30,31,32)/b4-3-. The van der Waals surface area contributed by atoms with E-state index in [9.17, 15) is 5.11 Å². The predicted octanol–water partition coefficient (Wildman–Crippen LogP) is 4.32. The molecule has 2 N–H and O–H groups in total. The number of amidine groups is 1. The molecule has 2 aromatic rings. The maximum Gasteiger partial charge on any atom is 0.325 e. The highest BCUT2D eigenvalue weighted by molar-refractivity contribution is 6.33. The van der Waals surface area contributed by atoms with Crippen molar-refractivity contribution in [2.75, 3.05) is 56.1 Å². The highest BCUT2D eigenvalue weighted by Gasteiger charge is 2.22. The molecule has 0 saturated carbocycles. The second-order valence-corrected chi connectivity index (χ2v) is 9.59. The van der Waals surface area contributed by atoms with Crippen molar-refractivity contribution in [2.45, 2.75) is 20.3 Å². The summed E-state index contributed by atoms with van der Waals surface area (Å²) in [6.07, 6.45) is 9.08. The zero-order valence-electron chi connectivity index (χ0n) is 20.7. The molecule has 0 amide bonds. The second-order valence-electron chi connectivity index (χ2n) is 9.21. The number of ether oxygens (including phenoxy) is 1. The van der Waals surface area contributed by atoms with Gasteiger partial charge in [0.05, 0.1) is 18.2 Å². The molecule has 5 rings (SSSR count). The quantitative estimate of drug-likeness (QED) is 0.578. The van der Waals surface area contributed by atoms with Crippen LogP contribution in [0.15, 0.2) is 52.6 Å². The van der Waals surface area contributed by atoms with E-state index in [2.05, 4.69) is 44.2 Å². The largest absolute Gasteiger partial charge is 0.423 e. The van der Waals surface area contributed by atoms with Crippen LogP contribution in [0.1, 0.15) is 25.0 Å². The maximum absolute atomic E-state index is 9.26. The molecule has 2 aliphatic heterocycles. The van der Waals surface area contributed by atoms with Crippen molar-refractivity contribution in [1.29, 1.82) is 0 Å². The van der Waals surface area contributed by atoms with E-state index in [1.807, 2.05) is 37.3 Å². The summed E-state index contributed by atoms with van der Waals surface area (Å²) in [5, 5.41) is 13.2. The summed E-state index contributed by atoms with van der Waals surface area (Å²) in [6, 6.07) is 6.09. The third-order valence-electron chi connectivity index (χ3n) is 6.49. The molecule has 8 nitrogen and oxygen atoms in total. The summed E-state index contributed by atoms with van der Waals surface area (Å²) in [7, 11) is 0. The Morgan fingerprint density at radius 3 is 2.78 bits per heavy atom. The van der Waals surface area contributed by atoms with E-state index in [0.717, 1.165) is 55.4 Å². The third kappa shape index (κ3) is 5.46. The van der Waals surface area contributed by atoms with Crippen LogP contribution in [0.4, 0.5) is 11.6 Å². The number of nitrogens with one attached hydrogen (secondary N) is 1. The van der Waals surface area contributed by atoms with Crippen LogP contribution in [0.25, 0.3) is 6.08 Å². The fraction of sp³-hybridized carbons (Fsp3) is 0.370. The van der Waals surface area contributed by atoms with Crippen LogP contribution in [0.5, 0.6) is 11.8 Å². The molecule has 9 heteroatoms. The molecular weight excluding hydrogens is 476 g/mol. The molecule has 3 aliphatic rings. The number of aliphatic hydroxyl groups excluding tert-OH is 1. The minimum absolute atomic E-state index is 0.167. The van der Waals surface area contributed by atoms with E-state index in [-0.39, 0.29) is 12.6 Å². The molecule has 0 spiro atoms. The van der Waals surface area contributed by atoms with Crippen molar-refractivity contribution in [3.05, 3.63) is 63.7 Å². The summed E-state index contributed by atoms with van der Waals surface area (Å²) < 4.78 is 6.17. The molecule has 0 atom stereocenters. The highest BCUT2D eigenvalue weighted by Crippen LogP contribution is 2.38. The number of nitrogens with zero attached hydrogens (tertiary/aromatic N) is 5. The molecule has 188 valence electrons. The summed E-state index contributed by atoms with van der Waals surface area (Å²) in [5.74, 6) is 2.67. The van der Waals surface area contributed by atoms with Crippen LogP contribution in [0, 0.1) is 0 Å². The first-order valence-corrected chi connectivity index (χ1v) is 12.7. The lowest BCUT2D eigenvalue weighted by Crippen LogP contribution is -2.47. The number of anilines is 2. The lowest BCUT2D eigenvalue weighted by molar-refractivity contribution is 0.188. The Morgan fingerprint density at radius 2 is 2.00 bits per heavy atom. The zero-order chi connectivity index (χ0) is 25.1. The molecule has 0 radical (unpaired) electrons. The van der Waals surface area contributed by atoms with Gasteiger partial charge in [0, 0.05) is 44.4 Å². The maximum atomic E-state index is 9.26. The van der Waals surface area contributed by atoms with Crippen LogP contribution >= 0.6 is 11.6 Å². The average Bonchev–Trinajstić information content (AvgIpc) is 3.47. The summed E-state index contributed by atoms with van der Waals surface area (Å²) in [4.78, 5) is 18.4. The smallest absolute Gasteiger partial charge is 0.325 e. The monoisotopic (exact) mass is 506 g/mol. The van der Waals surface area contributed by atoms with E-state index < -0.39 is 0 Å². The van der Waals surface area contributed by atoms with E-state index in [1.54, 1.807) is 0 Å². The Labute approximate surface area is 216 Å². The van der Waals surface area contributed by atoms with Gasteiger partial charge in [0.25, 0.3) is 0 Å². The van der Waals surface area contributed by atoms with Crippen molar-refractivity contribution in [1.82, 2.24) is 14.9 Å². The van der Waals surface area contributed by atoms with Gasteiger partial charge < -0.3 is 20.1 Å². The normalized spacial score (nSPS) is 17.8. The Morgan fingerprint density at radius 1 is 1.17 bits per heavy atom. The van der Waals surface area contributed by atoms with Gasteiger partial charge >= 0.3 is 6.01 Å². The first-order chi connectivity index (χ1) is 17.5. The number of hydrogen-bond donors (Lipinski definition) is 2. The van der Waals surface area contributed by atoms with Crippen LogP contribution in [-0.4, -0.2) is 71.7 Å². The van der Waals surface area contributed by atoms with Crippen LogP contribution in [0.3, 0.4) is 0 Å². The number of fused-ring (bicyclic) bond motifs is 1. The van der Waals surface area contributed by atoms with Crippen LogP contribution in [0.2, 0.25) is 5.02 Å². The number of aliphatic imine (C=N–C) groups is 1. The molecule has 0 bridgehead atoms. The molecule has 1 aliphatic carbocycles. The van der Waals surface area contributed by atoms with E-state index in [1.165, 1.54) is 11.1 Å². The van der Waals surface area contributed by atoms with Gasteiger partial charge in [-0.1, -0.05) is 41.5 Å². The number of benzene rings is 1. The van der Waals surface area contributed by atoms with E-state index in [4.69, 9.17) is 21.3 Å². The molecule has 0 unspecified atom stereocenters. The second kappa shape index (κ2) is 10.8. The molecular formula is C27H31ClN6O2. The molecule has 3 heterocycles. The number of hydrogen-bond acceptors (Lipinski definition) is 8. The van der Waals surface area contributed by atoms with Crippen LogP contribution < -0.4 is 15.0 Å². The van der Waals surface area contributed by atoms with Gasteiger partial charge in [-0.15, -0.1) is 0 Å². The number of rotatable bonds is 7. The fourth-order valence-corrected chi connectivity index (χ4v) is 4.97. The molecule has 1 aromatic heterocycles. The lowest BCUT2D eigenvalue weighted by Gasteiger charge is -2.35. The lowest BCUT2D eigenvalue weighted by atomic mass is 10.1.